The summed E-state index contributed by atoms with van der Waals surface area (Å²) in [7, 11) is 1.10. The number of anilines is 1. The van der Waals surface area contributed by atoms with Crippen LogP contribution in [-0.2, 0) is 10.9 Å². The van der Waals surface area contributed by atoms with Gasteiger partial charge in [0, 0.05) is 12.1 Å². The minimum Gasteiger partial charge on any atom is -0.464 e. The molecule has 0 spiro atoms. The van der Waals surface area contributed by atoms with Crippen molar-refractivity contribution in [1.29, 1.82) is 0 Å². The number of nitrogens with zero attached hydrogens (tertiary/aromatic N) is 2. The molecular formula is C19H16F4N4O3. The van der Waals surface area contributed by atoms with Crippen molar-refractivity contribution < 1.29 is 27.1 Å². The molecule has 0 unspecified atom stereocenters. The maximum atomic E-state index is 14.3. The molecule has 0 radical (unpaired) electrons. The number of ether oxygens (including phenoxy) is 1. The number of hydrogen-bond acceptors (Lipinski definition) is 6. The van der Waals surface area contributed by atoms with Gasteiger partial charge < -0.3 is 15.0 Å². The molecule has 158 valence electrons. The topological polar surface area (TPSA) is 97.0 Å². The highest BCUT2D eigenvalue weighted by Gasteiger charge is 2.35. The fourth-order valence-electron chi connectivity index (χ4n) is 2.99. The van der Waals surface area contributed by atoms with Crippen molar-refractivity contribution in [2.24, 2.45) is 0 Å². The zero-order valence-corrected chi connectivity index (χ0v) is 16.0. The van der Waals surface area contributed by atoms with Crippen LogP contribution in [0.2, 0.25) is 0 Å². The molecule has 3 aromatic rings. The van der Waals surface area contributed by atoms with Crippen LogP contribution in [0.3, 0.4) is 0 Å². The van der Waals surface area contributed by atoms with Gasteiger partial charge in [-0.05, 0) is 31.5 Å². The van der Waals surface area contributed by atoms with Crippen LogP contribution in [0, 0.1) is 12.7 Å². The number of H-pyrrole nitrogens is 1. The Labute approximate surface area is 167 Å². The molecule has 0 amide bonds. The third-order valence-electron chi connectivity index (χ3n) is 4.39. The number of methoxy groups -OCH3 is 1. The Morgan fingerprint density at radius 3 is 2.57 bits per heavy atom. The summed E-state index contributed by atoms with van der Waals surface area (Å²) < 4.78 is 59.7. The molecule has 7 nitrogen and oxygen atoms in total. The number of carbonyl (C=O) groups is 1. The van der Waals surface area contributed by atoms with E-state index in [2.05, 4.69) is 25.0 Å². The van der Waals surface area contributed by atoms with Crippen LogP contribution in [0.5, 0.6) is 0 Å². The first-order valence-corrected chi connectivity index (χ1v) is 8.63. The van der Waals surface area contributed by atoms with E-state index >= 15 is 0 Å². The monoisotopic (exact) mass is 424 g/mol. The van der Waals surface area contributed by atoms with E-state index in [9.17, 15) is 27.2 Å². The van der Waals surface area contributed by atoms with Crippen LogP contribution < -0.4 is 10.9 Å². The maximum absolute atomic E-state index is 14.3. The lowest BCUT2D eigenvalue weighted by Crippen LogP contribution is -2.18. The number of aryl methyl sites for hydroxylation is 1. The van der Waals surface area contributed by atoms with Gasteiger partial charge in [0.25, 0.3) is 5.56 Å². The average Bonchev–Trinajstić information content (AvgIpc) is 2.67. The number of halogens is 4. The van der Waals surface area contributed by atoms with E-state index in [0.717, 1.165) is 31.5 Å². The second kappa shape index (κ2) is 7.73. The van der Waals surface area contributed by atoms with E-state index in [0.29, 0.717) is 0 Å². The predicted octanol–water partition coefficient (Wildman–Crippen LogP) is 3.74. The van der Waals surface area contributed by atoms with Gasteiger partial charge in [0.15, 0.2) is 5.69 Å². The second-order valence-corrected chi connectivity index (χ2v) is 6.51. The summed E-state index contributed by atoms with van der Waals surface area (Å²) in [5.74, 6) is -1.58. The third-order valence-corrected chi connectivity index (χ3v) is 4.39. The van der Waals surface area contributed by atoms with E-state index in [4.69, 9.17) is 0 Å². The Morgan fingerprint density at radius 1 is 1.27 bits per heavy atom. The molecule has 2 aromatic heterocycles. The molecule has 0 aliphatic rings. The summed E-state index contributed by atoms with van der Waals surface area (Å²) in [6.07, 6.45) is -3.76. The molecule has 1 aromatic carbocycles. The SMILES string of the molecule is COC(=O)c1cc(F)c(N[C@@H](C)c2cc3c(=O)[nH]c(C)nc3cc2C(F)(F)F)cn1. The molecule has 1 atom stereocenters. The van der Waals surface area contributed by atoms with Crippen LogP contribution in [0.4, 0.5) is 23.2 Å². The molecule has 30 heavy (non-hydrogen) atoms. The maximum Gasteiger partial charge on any atom is 0.416 e. The fraction of sp³-hybridized carbons (Fsp3) is 0.263. The number of hydrogen-bond donors (Lipinski definition) is 2. The first-order chi connectivity index (χ1) is 14.0. The van der Waals surface area contributed by atoms with E-state index in [1.807, 2.05) is 0 Å². The number of pyridine rings is 1. The largest absolute Gasteiger partial charge is 0.464 e. The summed E-state index contributed by atoms with van der Waals surface area (Å²) in [4.78, 5) is 33.7. The molecular weight excluding hydrogens is 408 g/mol. The highest BCUT2D eigenvalue weighted by atomic mass is 19.4. The van der Waals surface area contributed by atoms with Crippen molar-refractivity contribution in [3.8, 4) is 0 Å². The van der Waals surface area contributed by atoms with E-state index in [1.54, 1.807) is 0 Å². The smallest absolute Gasteiger partial charge is 0.416 e. The Bertz CT molecular complexity index is 1190. The lowest BCUT2D eigenvalue weighted by atomic mass is 9.98. The molecule has 0 saturated heterocycles. The summed E-state index contributed by atoms with van der Waals surface area (Å²) in [5.41, 5.74) is -2.48. The minimum absolute atomic E-state index is 0.0307. The quantitative estimate of drug-likeness (QED) is 0.489. The Balaban J connectivity index is 2.07. The third kappa shape index (κ3) is 4.09. The fourth-order valence-corrected chi connectivity index (χ4v) is 2.99. The van der Waals surface area contributed by atoms with Crippen molar-refractivity contribution in [3.63, 3.8) is 0 Å². The number of aromatic amines is 1. The molecule has 2 N–H and O–H groups in total. The zero-order valence-electron chi connectivity index (χ0n) is 16.0. The first kappa shape index (κ1) is 21.2. The minimum atomic E-state index is -4.73. The predicted molar refractivity (Wildman–Crippen MR) is 99.7 cm³/mol. The Kier molecular flexibility index (Phi) is 5.47. The first-order valence-electron chi connectivity index (χ1n) is 8.63. The molecule has 11 heteroatoms. The lowest BCUT2D eigenvalue weighted by molar-refractivity contribution is -0.138. The van der Waals surface area contributed by atoms with E-state index in [1.165, 1.54) is 13.8 Å². The Hall–Kier alpha value is -3.50. The van der Waals surface area contributed by atoms with Gasteiger partial charge in [0.05, 0.1) is 35.5 Å². The summed E-state index contributed by atoms with van der Waals surface area (Å²) >= 11 is 0. The van der Waals surface area contributed by atoms with Crippen LogP contribution in [-0.4, -0.2) is 28.0 Å². The number of benzene rings is 1. The lowest BCUT2D eigenvalue weighted by Gasteiger charge is -2.21. The van der Waals surface area contributed by atoms with Crippen LogP contribution >= 0.6 is 0 Å². The highest BCUT2D eigenvalue weighted by molar-refractivity contribution is 5.87. The molecule has 0 aliphatic heterocycles. The van der Waals surface area contributed by atoms with Crippen LogP contribution in [0.15, 0.2) is 29.2 Å². The van der Waals surface area contributed by atoms with E-state index in [-0.39, 0.29) is 33.7 Å². The number of rotatable bonds is 4. The molecule has 0 bridgehead atoms. The van der Waals surface area contributed by atoms with Crippen molar-refractivity contribution >= 4 is 22.6 Å². The van der Waals surface area contributed by atoms with Gasteiger partial charge in [0.2, 0.25) is 0 Å². The summed E-state index contributed by atoms with van der Waals surface area (Å²) in [5, 5.41) is 2.57. The van der Waals surface area contributed by atoms with Crippen molar-refractivity contribution in [3.05, 3.63) is 63.2 Å². The van der Waals surface area contributed by atoms with E-state index < -0.39 is 35.1 Å². The standard InChI is InChI=1S/C19H16F4N4O3/c1-8(25-16-7-24-15(6-13(16)20)18(29)30-3)10-4-11-14(5-12(10)19(21,22)23)26-9(2)27-17(11)28/h4-8,25H,1-3H3,(H,26,27,28)/t8-/m0/s1. The number of esters is 1. The van der Waals surface area contributed by atoms with Gasteiger partial charge in [-0.3, -0.25) is 4.79 Å². The van der Waals surface area contributed by atoms with Gasteiger partial charge in [-0.25, -0.2) is 19.2 Å². The number of fused-ring (bicyclic) bond motifs is 1. The van der Waals surface area contributed by atoms with Gasteiger partial charge >= 0.3 is 12.1 Å². The van der Waals surface area contributed by atoms with Gasteiger partial charge in [-0.1, -0.05) is 0 Å². The highest BCUT2D eigenvalue weighted by Crippen LogP contribution is 2.37. The van der Waals surface area contributed by atoms with Crippen molar-refractivity contribution in [2.45, 2.75) is 26.1 Å². The molecule has 0 aliphatic carbocycles. The summed E-state index contributed by atoms with van der Waals surface area (Å²) in [6.45, 7) is 2.83. The molecule has 0 fully saturated rings. The number of nitrogens with one attached hydrogen (secondary N) is 2. The van der Waals surface area contributed by atoms with Gasteiger partial charge in [-0.2, -0.15) is 13.2 Å². The molecule has 3 rings (SSSR count). The summed E-state index contributed by atoms with van der Waals surface area (Å²) in [6, 6.07) is 1.62. The van der Waals surface area contributed by atoms with Crippen LogP contribution in [0.1, 0.15) is 40.4 Å². The zero-order chi connectivity index (χ0) is 22.2. The second-order valence-electron chi connectivity index (χ2n) is 6.51. The Morgan fingerprint density at radius 2 is 1.97 bits per heavy atom. The normalized spacial score (nSPS) is 12.6. The van der Waals surface area contributed by atoms with Crippen molar-refractivity contribution in [2.75, 3.05) is 12.4 Å². The van der Waals surface area contributed by atoms with Crippen LogP contribution in [0.25, 0.3) is 10.9 Å². The number of alkyl halides is 3. The van der Waals surface area contributed by atoms with Crippen molar-refractivity contribution in [1.82, 2.24) is 15.0 Å². The molecule has 2 heterocycles. The molecule has 0 saturated carbocycles. The van der Waals surface area contributed by atoms with Gasteiger partial charge in [-0.15, -0.1) is 0 Å². The number of carbonyl (C=O) groups excluding carboxylic acids is 1. The van der Waals surface area contributed by atoms with Gasteiger partial charge in [0.1, 0.15) is 11.6 Å². The average molecular weight is 424 g/mol. The number of aromatic nitrogens is 3.